The topological polar surface area (TPSA) is 68.5 Å². The average molecular weight is 336 g/mol. The zero-order chi connectivity index (χ0) is 16.4. The summed E-state index contributed by atoms with van der Waals surface area (Å²) in [5.41, 5.74) is 2.23. The van der Waals surface area contributed by atoms with Gasteiger partial charge in [0.25, 0.3) is 0 Å². The Balaban J connectivity index is 1.48. The number of nitrogens with one attached hydrogen (secondary N) is 1. The molecule has 1 aromatic carbocycles. The number of aromatic nitrogens is 5. The lowest BCUT2D eigenvalue weighted by Crippen LogP contribution is -2.17. The lowest BCUT2D eigenvalue weighted by atomic mass is 10.2. The summed E-state index contributed by atoms with van der Waals surface area (Å²) in [6, 6.07) is 14.2. The zero-order valence-electron chi connectivity index (χ0n) is 13.2. The van der Waals surface area contributed by atoms with Crippen molar-refractivity contribution in [3.63, 3.8) is 0 Å². The van der Waals surface area contributed by atoms with Gasteiger partial charge in [-0.25, -0.2) is 4.98 Å². The van der Waals surface area contributed by atoms with Crippen LogP contribution < -0.4 is 5.32 Å². The van der Waals surface area contributed by atoms with Crippen molar-refractivity contribution in [1.29, 1.82) is 0 Å². The molecule has 0 unspecified atom stereocenters. The Morgan fingerprint density at radius 1 is 1.08 bits per heavy atom. The van der Waals surface area contributed by atoms with E-state index in [1.165, 1.54) is 15.6 Å². The van der Waals surface area contributed by atoms with Crippen LogP contribution in [0, 0.1) is 6.92 Å². The highest BCUT2D eigenvalue weighted by Crippen LogP contribution is 2.25. The summed E-state index contributed by atoms with van der Waals surface area (Å²) in [6.45, 7) is 3.30. The summed E-state index contributed by atoms with van der Waals surface area (Å²) in [7, 11) is 0. The second-order valence-corrected chi connectivity index (χ2v) is 6.42. The van der Waals surface area contributed by atoms with Gasteiger partial charge in [0.1, 0.15) is 0 Å². The third kappa shape index (κ3) is 2.91. The van der Waals surface area contributed by atoms with Crippen LogP contribution in [-0.2, 0) is 13.1 Å². The predicted molar refractivity (Wildman–Crippen MR) is 94.1 cm³/mol. The maximum absolute atomic E-state index is 4.47. The van der Waals surface area contributed by atoms with E-state index in [2.05, 4.69) is 55.5 Å². The molecule has 6 nitrogen and oxygen atoms in total. The Kier molecular flexibility index (Phi) is 4.02. The highest BCUT2D eigenvalue weighted by molar-refractivity contribution is 7.17. The predicted octanol–water partition coefficient (Wildman–Crippen LogP) is 2.87. The Hall–Kier alpha value is -2.64. The van der Waals surface area contributed by atoms with Crippen LogP contribution in [-0.4, -0.2) is 25.2 Å². The van der Waals surface area contributed by atoms with E-state index >= 15 is 0 Å². The first-order valence-corrected chi connectivity index (χ1v) is 8.56. The van der Waals surface area contributed by atoms with Crippen LogP contribution in [0.1, 0.15) is 17.1 Å². The molecule has 0 spiro atoms. The van der Waals surface area contributed by atoms with Gasteiger partial charge >= 0.3 is 0 Å². The molecule has 3 aromatic heterocycles. The zero-order valence-corrected chi connectivity index (χ0v) is 14.0. The van der Waals surface area contributed by atoms with Crippen LogP contribution in [0.25, 0.3) is 15.9 Å². The van der Waals surface area contributed by atoms with E-state index in [0.29, 0.717) is 6.54 Å². The van der Waals surface area contributed by atoms with Gasteiger partial charge in [0.15, 0.2) is 11.6 Å². The molecule has 0 aliphatic carbocycles. The molecule has 0 saturated heterocycles. The molecule has 24 heavy (non-hydrogen) atoms. The number of hydrogen-bond acceptors (Lipinski definition) is 6. The standard InChI is InChI=1S/C17H16N6S/c1-12-5-4-8-16(19-12)23-17(20-21-22-23)10-18-9-13-11-24-15-7-3-2-6-14(13)15/h2-8,11,18H,9-10H2,1H3. The van der Waals surface area contributed by atoms with Crippen LogP contribution >= 0.6 is 11.3 Å². The molecular weight excluding hydrogens is 320 g/mol. The van der Waals surface area contributed by atoms with E-state index < -0.39 is 0 Å². The number of thiophene rings is 1. The van der Waals surface area contributed by atoms with Crippen molar-refractivity contribution in [3.8, 4) is 5.82 Å². The second kappa shape index (κ2) is 6.46. The first kappa shape index (κ1) is 14.9. The second-order valence-electron chi connectivity index (χ2n) is 5.50. The summed E-state index contributed by atoms with van der Waals surface area (Å²) >= 11 is 1.77. The molecule has 0 fully saturated rings. The molecule has 7 heteroatoms. The average Bonchev–Trinajstić information content (AvgIpc) is 3.22. The molecule has 1 N–H and O–H groups in total. The summed E-state index contributed by atoms with van der Waals surface area (Å²) in [5, 5.41) is 18.9. The first-order chi connectivity index (χ1) is 11.8. The number of benzene rings is 1. The molecule has 0 aliphatic heterocycles. The van der Waals surface area contributed by atoms with E-state index in [1.807, 2.05) is 25.1 Å². The highest BCUT2D eigenvalue weighted by Gasteiger charge is 2.10. The van der Waals surface area contributed by atoms with Crippen LogP contribution in [0.4, 0.5) is 0 Å². The fourth-order valence-corrected chi connectivity index (χ4v) is 3.58. The van der Waals surface area contributed by atoms with Gasteiger partial charge in [-0.2, -0.15) is 4.68 Å². The molecular formula is C17H16N6S. The molecule has 0 aliphatic rings. The van der Waals surface area contributed by atoms with Gasteiger partial charge in [0.05, 0.1) is 6.54 Å². The van der Waals surface area contributed by atoms with Gasteiger partial charge in [0, 0.05) is 16.9 Å². The van der Waals surface area contributed by atoms with Gasteiger partial charge in [-0.3, -0.25) is 0 Å². The van der Waals surface area contributed by atoms with Crippen molar-refractivity contribution < 1.29 is 0 Å². The van der Waals surface area contributed by atoms with E-state index in [1.54, 1.807) is 16.0 Å². The minimum absolute atomic E-state index is 0.576. The monoisotopic (exact) mass is 336 g/mol. The Morgan fingerprint density at radius 2 is 2.00 bits per heavy atom. The van der Waals surface area contributed by atoms with Crippen LogP contribution in [0.3, 0.4) is 0 Å². The number of hydrogen-bond donors (Lipinski definition) is 1. The SMILES string of the molecule is Cc1cccc(-n2nnnc2CNCc2csc3ccccc23)n1. The molecule has 0 bridgehead atoms. The number of nitrogens with zero attached hydrogens (tertiary/aromatic N) is 5. The minimum Gasteiger partial charge on any atom is -0.306 e. The van der Waals surface area contributed by atoms with Gasteiger partial charge in [0.2, 0.25) is 0 Å². The Labute approximate surface area is 143 Å². The maximum atomic E-state index is 4.47. The van der Waals surface area contributed by atoms with Crippen molar-refractivity contribution in [2.45, 2.75) is 20.0 Å². The van der Waals surface area contributed by atoms with Crippen LogP contribution in [0.15, 0.2) is 47.8 Å². The molecule has 3 heterocycles. The first-order valence-electron chi connectivity index (χ1n) is 7.68. The normalized spacial score (nSPS) is 11.2. The number of aryl methyl sites for hydroxylation is 1. The summed E-state index contributed by atoms with van der Waals surface area (Å²) in [5.74, 6) is 1.48. The third-order valence-electron chi connectivity index (χ3n) is 3.78. The summed E-state index contributed by atoms with van der Waals surface area (Å²) in [4.78, 5) is 4.47. The van der Waals surface area contributed by atoms with E-state index in [9.17, 15) is 0 Å². The minimum atomic E-state index is 0.576. The molecule has 0 atom stereocenters. The van der Waals surface area contributed by atoms with Crippen LogP contribution in [0.2, 0.25) is 0 Å². The number of tetrazole rings is 1. The number of rotatable bonds is 5. The highest BCUT2D eigenvalue weighted by atomic mass is 32.1. The number of pyridine rings is 1. The van der Waals surface area contributed by atoms with E-state index in [0.717, 1.165) is 23.9 Å². The quantitative estimate of drug-likeness (QED) is 0.607. The molecule has 0 amide bonds. The fourth-order valence-electron chi connectivity index (χ4n) is 2.62. The Bertz CT molecular complexity index is 974. The van der Waals surface area contributed by atoms with Gasteiger partial charge in [-0.15, -0.1) is 16.4 Å². The lowest BCUT2D eigenvalue weighted by Gasteiger charge is -2.06. The summed E-state index contributed by atoms with van der Waals surface area (Å²) < 4.78 is 2.98. The smallest absolute Gasteiger partial charge is 0.172 e. The third-order valence-corrected chi connectivity index (χ3v) is 4.80. The molecule has 0 radical (unpaired) electrons. The lowest BCUT2D eigenvalue weighted by molar-refractivity contribution is 0.639. The van der Waals surface area contributed by atoms with Crippen molar-refractivity contribution >= 4 is 21.4 Å². The molecule has 4 aromatic rings. The van der Waals surface area contributed by atoms with Crippen molar-refractivity contribution in [2.24, 2.45) is 0 Å². The van der Waals surface area contributed by atoms with Crippen LogP contribution in [0.5, 0.6) is 0 Å². The largest absolute Gasteiger partial charge is 0.306 e. The van der Waals surface area contributed by atoms with Gasteiger partial charge < -0.3 is 5.32 Å². The van der Waals surface area contributed by atoms with Gasteiger partial charge in [-0.05, 0) is 51.9 Å². The van der Waals surface area contributed by atoms with Crippen molar-refractivity contribution in [1.82, 2.24) is 30.5 Å². The molecule has 120 valence electrons. The van der Waals surface area contributed by atoms with Crippen molar-refractivity contribution in [2.75, 3.05) is 0 Å². The summed E-state index contributed by atoms with van der Waals surface area (Å²) in [6.07, 6.45) is 0. The van der Waals surface area contributed by atoms with Gasteiger partial charge in [-0.1, -0.05) is 24.3 Å². The van der Waals surface area contributed by atoms with E-state index in [-0.39, 0.29) is 0 Å². The van der Waals surface area contributed by atoms with Crippen molar-refractivity contribution in [3.05, 3.63) is 64.9 Å². The van der Waals surface area contributed by atoms with E-state index in [4.69, 9.17) is 0 Å². The molecule has 0 saturated carbocycles. The Morgan fingerprint density at radius 3 is 2.92 bits per heavy atom. The maximum Gasteiger partial charge on any atom is 0.172 e. The fraction of sp³-hybridized carbons (Fsp3) is 0.176. The number of fused-ring (bicyclic) bond motifs is 1. The molecule has 4 rings (SSSR count).